The first-order valence-corrected chi connectivity index (χ1v) is 4.03. The van der Waals surface area contributed by atoms with E-state index in [4.69, 9.17) is 23.4 Å². The Labute approximate surface area is 78.4 Å². The van der Waals surface area contributed by atoms with Crippen LogP contribution in [0, 0.1) is 5.82 Å². The van der Waals surface area contributed by atoms with E-state index in [0.717, 1.165) is 0 Å². The monoisotopic (exact) mass is 203 g/mol. The van der Waals surface area contributed by atoms with Crippen LogP contribution in [0.3, 0.4) is 0 Å². The molecule has 0 bridgehead atoms. The van der Waals surface area contributed by atoms with Crippen LogP contribution in [0.4, 0.5) is 4.39 Å². The first kappa shape index (κ1) is 7.90. The van der Waals surface area contributed by atoms with Crippen LogP contribution in [0.15, 0.2) is 24.3 Å². The lowest BCUT2D eigenvalue weighted by Crippen LogP contribution is -1.79. The Balaban J connectivity index is 2.95. The number of fused-ring (bicyclic) bond motifs is 1. The van der Waals surface area contributed by atoms with Crippen molar-refractivity contribution >= 4 is 34.3 Å². The van der Waals surface area contributed by atoms with E-state index in [-0.39, 0.29) is 5.82 Å². The third kappa shape index (κ3) is 0.993. The molecule has 1 heterocycles. The highest BCUT2D eigenvalue weighted by molar-refractivity contribution is 6.35. The standard InChI is InChI=1S/C8H4Cl2FN/c9-8-4-5-6(11)2-1-3-7(5)12(8)10/h1-4H. The van der Waals surface area contributed by atoms with Crippen molar-refractivity contribution in [1.82, 2.24) is 4.09 Å². The van der Waals surface area contributed by atoms with Crippen LogP contribution in [-0.4, -0.2) is 4.09 Å². The Morgan fingerprint density at radius 1 is 1.33 bits per heavy atom. The summed E-state index contributed by atoms with van der Waals surface area (Å²) in [7, 11) is 0. The molecule has 1 nitrogen and oxygen atoms in total. The van der Waals surface area contributed by atoms with Crippen molar-refractivity contribution in [3.05, 3.63) is 35.2 Å². The predicted octanol–water partition coefficient (Wildman–Crippen LogP) is 3.44. The van der Waals surface area contributed by atoms with Gasteiger partial charge in [-0.1, -0.05) is 17.7 Å². The lowest BCUT2D eigenvalue weighted by Gasteiger charge is -1.93. The van der Waals surface area contributed by atoms with Gasteiger partial charge >= 0.3 is 0 Å². The van der Waals surface area contributed by atoms with Crippen LogP contribution in [0.2, 0.25) is 5.15 Å². The van der Waals surface area contributed by atoms with Gasteiger partial charge in [0.1, 0.15) is 11.0 Å². The molecule has 0 N–H and O–H groups in total. The summed E-state index contributed by atoms with van der Waals surface area (Å²) in [4.78, 5) is 0. The molecule has 4 heteroatoms. The summed E-state index contributed by atoms with van der Waals surface area (Å²) in [5, 5.41) is 0.759. The van der Waals surface area contributed by atoms with Crippen molar-refractivity contribution in [2.75, 3.05) is 0 Å². The maximum Gasteiger partial charge on any atom is 0.132 e. The molecule has 0 saturated heterocycles. The fourth-order valence-corrected chi connectivity index (χ4v) is 1.53. The predicted molar refractivity (Wildman–Crippen MR) is 48.2 cm³/mol. The quantitative estimate of drug-likeness (QED) is 0.619. The Hall–Kier alpha value is -0.730. The van der Waals surface area contributed by atoms with Crippen molar-refractivity contribution in [3.8, 4) is 0 Å². The molecule has 1 aromatic heterocycles. The Morgan fingerprint density at radius 2 is 2.08 bits per heavy atom. The third-order valence-corrected chi connectivity index (χ3v) is 2.42. The molecule has 62 valence electrons. The first-order chi connectivity index (χ1) is 5.70. The molecule has 12 heavy (non-hydrogen) atoms. The Morgan fingerprint density at radius 3 is 2.75 bits per heavy atom. The molecular weight excluding hydrogens is 200 g/mol. The largest absolute Gasteiger partial charge is 0.242 e. The molecule has 0 aliphatic rings. The van der Waals surface area contributed by atoms with Crippen molar-refractivity contribution in [2.45, 2.75) is 0 Å². The smallest absolute Gasteiger partial charge is 0.132 e. The molecule has 0 amide bonds. The summed E-state index contributed by atoms with van der Waals surface area (Å²) < 4.78 is 14.3. The zero-order chi connectivity index (χ0) is 8.72. The number of aromatic nitrogens is 1. The molecule has 0 radical (unpaired) electrons. The van der Waals surface area contributed by atoms with Gasteiger partial charge in [0.05, 0.1) is 5.52 Å². The molecule has 2 aromatic rings. The van der Waals surface area contributed by atoms with Gasteiger partial charge in [-0.25, -0.2) is 8.48 Å². The molecule has 0 atom stereocenters. The van der Waals surface area contributed by atoms with E-state index in [1.807, 2.05) is 0 Å². The maximum atomic E-state index is 13.0. The molecule has 0 spiro atoms. The molecule has 1 aromatic carbocycles. The molecule has 0 unspecified atom stereocenters. The fourth-order valence-electron chi connectivity index (χ4n) is 1.13. The average Bonchev–Trinajstić information content (AvgIpc) is 2.32. The average molecular weight is 204 g/mol. The Kier molecular flexibility index (Phi) is 1.74. The topological polar surface area (TPSA) is 4.93 Å². The lowest BCUT2D eigenvalue weighted by molar-refractivity contribution is 0.640. The first-order valence-electron chi connectivity index (χ1n) is 3.32. The minimum absolute atomic E-state index is 0.311. The summed E-state index contributed by atoms with van der Waals surface area (Å²) in [6, 6.07) is 6.17. The summed E-state index contributed by atoms with van der Waals surface area (Å²) in [5.41, 5.74) is 0.585. The number of halogens is 3. The van der Waals surface area contributed by atoms with Gasteiger partial charge in [-0.3, -0.25) is 0 Å². The van der Waals surface area contributed by atoms with Gasteiger partial charge in [0, 0.05) is 17.2 Å². The highest BCUT2D eigenvalue weighted by Crippen LogP contribution is 2.26. The van der Waals surface area contributed by atoms with Crippen LogP contribution in [0.25, 0.3) is 10.9 Å². The minimum Gasteiger partial charge on any atom is -0.242 e. The molecular formula is C8H4Cl2FN. The van der Waals surface area contributed by atoms with E-state index >= 15 is 0 Å². The number of hydrogen-bond acceptors (Lipinski definition) is 0. The van der Waals surface area contributed by atoms with Crippen molar-refractivity contribution < 1.29 is 4.39 Å². The van der Waals surface area contributed by atoms with Crippen LogP contribution >= 0.6 is 23.4 Å². The van der Waals surface area contributed by atoms with E-state index in [2.05, 4.69) is 0 Å². The molecule has 2 rings (SSSR count). The van der Waals surface area contributed by atoms with E-state index < -0.39 is 0 Å². The second kappa shape index (κ2) is 2.64. The third-order valence-electron chi connectivity index (χ3n) is 1.69. The van der Waals surface area contributed by atoms with Crippen LogP contribution in [0.5, 0.6) is 0 Å². The summed E-state index contributed by atoms with van der Waals surface area (Å²) in [5.74, 6) is -0.311. The van der Waals surface area contributed by atoms with Gasteiger partial charge in [0.15, 0.2) is 0 Å². The van der Waals surface area contributed by atoms with Crippen LogP contribution in [0.1, 0.15) is 0 Å². The highest BCUT2D eigenvalue weighted by atomic mass is 35.5. The summed E-state index contributed by atoms with van der Waals surface area (Å²) >= 11 is 11.4. The molecule has 0 aliphatic heterocycles. The number of nitrogens with zero attached hydrogens (tertiary/aromatic N) is 1. The second-order valence-corrected chi connectivity index (χ2v) is 3.15. The van der Waals surface area contributed by atoms with E-state index in [1.54, 1.807) is 12.1 Å². The van der Waals surface area contributed by atoms with E-state index in [0.29, 0.717) is 16.1 Å². The molecule has 0 aliphatic carbocycles. The lowest BCUT2D eigenvalue weighted by atomic mass is 10.2. The van der Waals surface area contributed by atoms with Crippen molar-refractivity contribution in [2.24, 2.45) is 0 Å². The van der Waals surface area contributed by atoms with Crippen molar-refractivity contribution in [3.63, 3.8) is 0 Å². The highest BCUT2D eigenvalue weighted by Gasteiger charge is 2.07. The number of benzene rings is 1. The second-order valence-electron chi connectivity index (χ2n) is 2.42. The maximum absolute atomic E-state index is 13.0. The summed E-state index contributed by atoms with van der Waals surface area (Å²) in [6.45, 7) is 0. The fraction of sp³-hybridized carbons (Fsp3) is 0. The number of hydrogen-bond donors (Lipinski definition) is 0. The summed E-state index contributed by atoms with van der Waals surface area (Å²) in [6.07, 6.45) is 0. The normalized spacial score (nSPS) is 10.9. The SMILES string of the molecule is Fc1cccc2c1cc(Cl)n2Cl. The Bertz CT molecular complexity index is 436. The van der Waals surface area contributed by atoms with Gasteiger partial charge < -0.3 is 0 Å². The van der Waals surface area contributed by atoms with Gasteiger partial charge in [0.25, 0.3) is 0 Å². The number of rotatable bonds is 0. The van der Waals surface area contributed by atoms with Crippen molar-refractivity contribution in [1.29, 1.82) is 0 Å². The van der Waals surface area contributed by atoms with E-state index in [9.17, 15) is 4.39 Å². The minimum atomic E-state index is -0.311. The van der Waals surface area contributed by atoms with E-state index in [1.165, 1.54) is 16.2 Å². The van der Waals surface area contributed by atoms with Gasteiger partial charge in [-0.15, -0.1) is 0 Å². The zero-order valence-electron chi connectivity index (χ0n) is 5.89. The van der Waals surface area contributed by atoms with Gasteiger partial charge in [-0.05, 0) is 18.2 Å². The van der Waals surface area contributed by atoms with Gasteiger partial charge in [-0.2, -0.15) is 0 Å². The van der Waals surface area contributed by atoms with Crippen LogP contribution in [-0.2, 0) is 0 Å². The molecule has 0 saturated carbocycles. The van der Waals surface area contributed by atoms with Gasteiger partial charge in [0.2, 0.25) is 0 Å². The zero-order valence-corrected chi connectivity index (χ0v) is 7.40. The molecule has 0 fully saturated rings. The van der Waals surface area contributed by atoms with Crippen LogP contribution < -0.4 is 0 Å².